The first-order chi connectivity index (χ1) is 20.6. The number of benzene rings is 3. The summed E-state index contributed by atoms with van der Waals surface area (Å²) < 4.78 is 11.1. The average Bonchev–Trinajstić information content (AvgIpc) is 2.98. The largest absolute Gasteiger partial charge is 0.493 e. The first-order valence-corrected chi connectivity index (χ1v) is 14.8. The van der Waals surface area contributed by atoms with E-state index >= 15 is 0 Å². The van der Waals surface area contributed by atoms with Gasteiger partial charge in [0.05, 0.1) is 13.0 Å². The quantitative estimate of drug-likeness (QED) is 0.152. The van der Waals surface area contributed by atoms with Gasteiger partial charge in [0, 0.05) is 19.5 Å². The molecule has 3 aromatic rings. The highest BCUT2D eigenvalue weighted by molar-refractivity contribution is 5.83. The Bertz CT molecular complexity index is 1320. The van der Waals surface area contributed by atoms with Crippen LogP contribution in [0.5, 0.6) is 11.5 Å². The van der Waals surface area contributed by atoms with Gasteiger partial charge in [-0.1, -0.05) is 101 Å². The van der Waals surface area contributed by atoms with Gasteiger partial charge in [0.2, 0.25) is 0 Å². The number of para-hydroxylation sites is 2. The number of methoxy groups -OCH3 is 1. The van der Waals surface area contributed by atoms with Crippen LogP contribution < -0.4 is 14.8 Å². The van der Waals surface area contributed by atoms with E-state index in [9.17, 15) is 19.5 Å². The minimum absolute atomic E-state index is 0.0931. The van der Waals surface area contributed by atoms with Crippen LogP contribution in [-0.2, 0) is 16.0 Å². The summed E-state index contributed by atoms with van der Waals surface area (Å²) in [5.74, 6) is -0.998. The normalized spacial score (nSPS) is 12.4. The van der Waals surface area contributed by atoms with Gasteiger partial charge < -0.3 is 24.8 Å². The van der Waals surface area contributed by atoms with Crippen LogP contribution in [0.25, 0.3) is 11.1 Å². The van der Waals surface area contributed by atoms with Crippen molar-refractivity contribution in [1.82, 2.24) is 10.2 Å². The number of nitrogens with zero attached hydrogens (tertiary/aromatic N) is 1. The maximum Gasteiger partial charge on any atom is 0.326 e. The number of hydrogen-bond acceptors (Lipinski definition) is 5. The summed E-state index contributed by atoms with van der Waals surface area (Å²) in [5.41, 5.74) is 2.88. The molecule has 0 spiro atoms. The second-order valence-electron chi connectivity index (χ2n) is 11.6. The van der Waals surface area contributed by atoms with E-state index < -0.39 is 29.9 Å². The molecule has 230 valence electrons. The lowest BCUT2D eigenvalue weighted by Gasteiger charge is -2.30. The van der Waals surface area contributed by atoms with Crippen molar-refractivity contribution in [3.8, 4) is 22.6 Å². The minimum Gasteiger partial charge on any atom is -0.493 e. The van der Waals surface area contributed by atoms with Crippen molar-refractivity contribution in [1.29, 1.82) is 0 Å². The van der Waals surface area contributed by atoms with Gasteiger partial charge in [-0.15, -0.1) is 0 Å². The molecule has 0 saturated carbocycles. The predicted octanol–water partition coefficient (Wildman–Crippen LogP) is 6.68. The number of hydrogen-bond donors (Lipinski definition) is 2. The Balaban J connectivity index is 1.75. The lowest BCUT2D eigenvalue weighted by atomic mass is 9.97. The third-order valence-electron chi connectivity index (χ3n) is 7.12. The van der Waals surface area contributed by atoms with Crippen molar-refractivity contribution in [2.75, 3.05) is 20.2 Å². The van der Waals surface area contributed by atoms with Gasteiger partial charge in [-0.3, -0.25) is 4.79 Å². The van der Waals surface area contributed by atoms with E-state index in [1.54, 1.807) is 24.3 Å². The van der Waals surface area contributed by atoms with Crippen molar-refractivity contribution in [3.05, 3.63) is 84.4 Å². The molecule has 2 N–H and O–H groups in total. The highest BCUT2D eigenvalue weighted by atomic mass is 16.6. The molecule has 3 rings (SSSR count). The first-order valence-electron chi connectivity index (χ1n) is 14.8. The van der Waals surface area contributed by atoms with Crippen LogP contribution in [-0.4, -0.2) is 54.2 Å². The molecule has 8 heteroatoms. The zero-order valence-electron chi connectivity index (χ0n) is 25.8. The number of carbonyl (C=O) groups is 3. The van der Waals surface area contributed by atoms with Crippen molar-refractivity contribution >= 4 is 18.0 Å². The standard InChI is InChI=1S/C35H44N2O6/c1-24(2)15-18-29(34(40)43-32-14-10-9-13-31(32)42-5)23-37(22-25(3)4)35(41)36-30(33(38)39)21-26-16-19-28(20-17-26)27-11-7-6-8-12-27/h6-14,16-17,19-20,24-25,29-30H,15,18,21-23H2,1-5H3,(H,36,41)(H,38,39)/t29?,30-/m0/s1. The summed E-state index contributed by atoms with van der Waals surface area (Å²) in [5, 5.41) is 12.7. The average molecular weight is 589 g/mol. The van der Waals surface area contributed by atoms with Crippen LogP contribution in [0.15, 0.2) is 78.9 Å². The molecule has 0 bridgehead atoms. The lowest BCUT2D eigenvalue weighted by Crippen LogP contribution is -2.51. The second-order valence-corrected chi connectivity index (χ2v) is 11.6. The molecule has 0 aliphatic carbocycles. The molecule has 0 fully saturated rings. The van der Waals surface area contributed by atoms with E-state index in [0.717, 1.165) is 23.1 Å². The number of aliphatic carboxylic acids is 1. The Kier molecular flexibility index (Phi) is 12.6. The third kappa shape index (κ3) is 10.5. The van der Waals surface area contributed by atoms with E-state index in [0.29, 0.717) is 30.4 Å². The molecular formula is C35H44N2O6. The smallest absolute Gasteiger partial charge is 0.326 e. The van der Waals surface area contributed by atoms with Crippen molar-refractivity contribution < 1.29 is 29.0 Å². The van der Waals surface area contributed by atoms with Gasteiger partial charge in [-0.05, 0) is 47.1 Å². The van der Waals surface area contributed by atoms with E-state index in [4.69, 9.17) is 9.47 Å². The van der Waals surface area contributed by atoms with Crippen molar-refractivity contribution in [2.24, 2.45) is 17.8 Å². The fraction of sp³-hybridized carbons (Fsp3) is 0.400. The summed E-state index contributed by atoms with van der Waals surface area (Å²) in [7, 11) is 1.51. The summed E-state index contributed by atoms with van der Waals surface area (Å²) in [6.45, 7) is 8.54. The Morgan fingerprint density at radius 1 is 0.767 bits per heavy atom. The lowest BCUT2D eigenvalue weighted by molar-refractivity contribution is -0.141. The van der Waals surface area contributed by atoms with E-state index in [2.05, 4.69) is 19.2 Å². The highest BCUT2D eigenvalue weighted by Crippen LogP contribution is 2.28. The molecule has 8 nitrogen and oxygen atoms in total. The number of ether oxygens (including phenoxy) is 2. The van der Waals surface area contributed by atoms with Gasteiger partial charge >= 0.3 is 18.0 Å². The van der Waals surface area contributed by atoms with E-state index in [1.807, 2.05) is 68.4 Å². The van der Waals surface area contributed by atoms with E-state index in [1.165, 1.54) is 12.0 Å². The maximum absolute atomic E-state index is 13.6. The molecule has 0 aliphatic heterocycles. The SMILES string of the molecule is COc1ccccc1OC(=O)C(CCC(C)C)CN(CC(C)C)C(=O)N[C@@H](Cc1ccc(-c2ccccc2)cc1)C(=O)O. The summed E-state index contributed by atoms with van der Waals surface area (Å²) >= 11 is 0. The zero-order valence-corrected chi connectivity index (χ0v) is 25.8. The van der Waals surface area contributed by atoms with Crippen LogP contribution in [0.3, 0.4) is 0 Å². The van der Waals surface area contributed by atoms with Gasteiger partial charge in [0.1, 0.15) is 6.04 Å². The number of carboxylic acid groups (broad SMARTS) is 1. The van der Waals surface area contributed by atoms with Crippen LogP contribution in [0.4, 0.5) is 4.79 Å². The minimum atomic E-state index is -1.14. The Labute approximate surface area is 255 Å². The predicted molar refractivity (Wildman–Crippen MR) is 168 cm³/mol. The summed E-state index contributed by atoms with van der Waals surface area (Å²) in [6, 6.07) is 22.8. The molecule has 0 aliphatic rings. The third-order valence-corrected chi connectivity index (χ3v) is 7.12. The molecule has 2 amide bonds. The monoisotopic (exact) mass is 588 g/mol. The topological polar surface area (TPSA) is 105 Å². The zero-order chi connectivity index (χ0) is 31.4. The summed E-state index contributed by atoms with van der Waals surface area (Å²) in [4.78, 5) is 40.7. The number of carboxylic acids is 1. The van der Waals surface area contributed by atoms with Crippen LogP contribution in [0.1, 0.15) is 46.1 Å². The Morgan fingerprint density at radius 2 is 1.37 bits per heavy atom. The fourth-order valence-electron chi connectivity index (χ4n) is 4.80. The molecule has 3 aromatic carbocycles. The number of nitrogens with one attached hydrogen (secondary N) is 1. The highest BCUT2D eigenvalue weighted by Gasteiger charge is 2.30. The van der Waals surface area contributed by atoms with Crippen LogP contribution in [0, 0.1) is 17.8 Å². The number of rotatable bonds is 15. The van der Waals surface area contributed by atoms with Gasteiger partial charge in [0.25, 0.3) is 0 Å². The summed E-state index contributed by atoms with van der Waals surface area (Å²) in [6.07, 6.45) is 1.40. The molecule has 1 unspecified atom stereocenters. The molecule has 0 aromatic heterocycles. The molecule has 43 heavy (non-hydrogen) atoms. The fourth-order valence-corrected chi connectivity index (χ4v) is 4.80. The number of esters is 1. The molecule has 0 radical (unpaired) electrons. The molecule has 0 heterocycles. The van der Waals surface area contributed by atoms with Crippen LogP contribution in [0.2, 0.25) is 0 Å². The molecule has 2 atom stereocenters. The molecule has 0 saturated heterocycles. The molecular weight excluding hydrogens is 544 g/mol. The van der Waals surface area contributed by atoms with E-state index in [-0.39, 0.29) is 18.9 Å². The second kappa shape index (κ2) is 16.3. The van der Waals surface area contributed by atoms with Crippen molar-refractivity contribution in [2.45, 2.75) is 53.0 Å². The van der Waals surface area contributed by atoms with Crippen molar-refractivity contribution in [3.63, 3.8) is 0 Å². The Morgan fingerprint density at radius 3 is 1.95 bits per heavy atom. The Hall–Kier alpha value is -4.33. The van der Waals surface area contributed by atoms with Crippen LogP contribution >= 0.6 is 0 Å². The number of carbonyl (C=O) groups excluding carboxylic acids is 2. The maximum atomic E-state index is 13.6. The van der Waals surface area contributed by atoms with Gasteiger partial charge in [0.15, 0.2) is 11.5 Å². The number of amides is 2. The van der Waals surface area contributed by atoms with Gasteiger partial charge in [-0.2, -0.15) is 0 Å². The number of urea groups is 1. The van der Waals surface area contributed by atoms with Gasteiger partial charge in [-0.25, -0.2) is 9.59 Å². The first kappa shape index (κ1) is 33.2.